The summed E-state index contributed by atoms with van der Waals surface area (Å²) in [4.78, 5) is 11.1. The van der Waals surface area contributed by atoms with Gasteiger partial charge in [-0.2, -0.15) is 0 Å². The van der Waals surface area contributed by atoms with Crippen LogP contribution >= 0.6 is 46.4 Å². The number of sulfonamides is 1. The van der Waals surface area contributed by atoms with Gasteiger partial charge in [0.25, 0.3) is 10.0 Å². The van der Waals surface area contributed by atoms with Gasteiger partial charge >= 0.3 is 0 Å². The fraction of sp³-hybridized carbons (Fsp3) is 0.0714. The standard InChI is InChI=1S/C14H10Cl4N2O3S/c15-8-1-2-12(18)13(6-8)24(22,23)20(7-14(19)21)11-4-9(16)3-10(17)5-11/h1-6H,7H2,(H2,19,21). The first-order chi connectivity index (χ1) is 11.1. The molecular formula is C14H10Cl4N2O3S. The molecule has 0 bridgehead atoms. The molecule has 0 saturated carbocycles. The number of hydrogen-bond donors (Lipinski definition) is 1. The highest BCUT2D eigenvalue weighted by atomic mass is 35.5. The zero-order valence-electron chi connectivity index (χ0n) is 11.8. The molecule has 0 aromatic heterocycles. The fourth-order valence-electron chi connectivity index (χ4n) is 1.93. The summed E-state index contributed by atoms with van der Waals surface area (Å²) >= 11 is 23.7. The van der Waals surface area contributed by atoms with Crippen LogP contribution in [0.2, 0.25) is 20.1 Å². The molecule has 5 nitrogen and oxygen atoms in total. The van der Waals surface area contributed by atoms with E-state index in [9.17, 15) is 13.2 Å². The molecule has 2 aromatic carbocycles. The molecule has 24 heavy (non-hydrogen) atoms. The van der Waals surface area contributed by atoms with Gasteiger partial charge in [-0.15, -0.1) is 0 Å². The number of benzene rings is 2. The lowest BCUT2D eigenvalue weighted by Gasteiger charge is -2.24. The van der Waals surface area contributed by atoms with E-state index in [-0.39, 0.29) is 30.7 Å². The third-order valence-corrected chi connectivity index (χ3v) is 5.82. The number of halogens is 4. The predicted molar refractivity (Wildman–Crippen MR) is 96.7 cm³/mol. The Labute approximate surface area is 158 Å². The molecule has 0 fully saturated rings. The number of primary amides is 1. The number of anilines is 1. The van der Waals surface area contributed by atoms with Crippen molar-refractivity contribution < 1.29 is 13.2 Å². The van der Waals surface area contributed by atoms with E-state index in [0.717, 1.165) is 4.31 Å². The number of carbonyl (C=O) groups is 1. The van der Waals surface area contributed by atoms with Crippen LogP contribution < -0.4 is 10.0 Å². The quantitative estimate of drug-likeness (QED) is 0.783. The third-order valence-electron chi connectivity index (χ3n) is 2.90. The summed E-state index contributed by atoms with van der Waals surface area (Å²) in [7, 11) is -4.24. The lowest BCUT2D eigenvalue weighted by atomic mass is 10.3. The van der Waals surface area contributed by atoms with Gasteiger partial charge in [-0.1, -0.05) is 46.4 Å². The monoisotopic (exact) mass is 426 g/mol. The minimum atomic E-state index is -4.24. The van der Waals surface area contributed by atoms with E-state index in [1.54, 1.807) is 0 Å². The number of carbonyl (C=O) groups excluding carboxylic acids is 1. The normalized spacial score (nSPS) is 11.3. The van der Waals surface area contributed by atoms with Gasteiger partial charge in [0, 0.05) is 15.1 Å². The number of hydrogen-bond acceptors (Lipinski definition) is 3. The first kappa shape index (κ1) is 19.1. The van der Waals surface area contributed by atoms with Gasteiger partial charge in [0.15, 0.2) is 0 Å². The summed E-state index contributed by atoms with van der Waals surface area (Å²) in [6.07, 6.45) is 0. The van der Waals surface area contributed by atoms with Gasteiger partial charge in [0.1, 0.15) is 11.4 Å². The second kappa shape index (κ2) is 7.37. The maximum atomic E-state index is 13.0. The van der Waals surface area contributed by atoms with Gasteiger partial charge in [-0.25, -0.2) is 8.42 Å². The van der Waals surface area contributed by atoms with E-state index in [0.29, 0.717) is 0 Å². The van der Waals surface area contributed by atoms with E-state index in [1.807, 2.05) is 0 Å². The first-order valence-corrected chi connectivity index (χ1v) is 9.28. The molecule has 0 radical (unpaired) electrons. The molecule has 0 aliphatic heterocycles. The Balaban J connectivity index is 2.66. The third kappa shape index (κ3) is 4.26. The highest BCUT2D eigenvalue weighted by Gasteiger charge is 2.29. The van der Waals surface area contributed by atoms with Crippen LogP contribution in [0.4, 0.5) is 5.69 Å². The molecule has 0 unspecified atom stereocenters. The Hall–Kier alpha value is -1.18. The van der Waals surface area contributed by atoms with Gasteiger partial charge in [-0.3, -0.25) is 9.10 Å². The molecule has 2 N–H and O–H groups in total. The minimum Gasteiger partial charge on any atom is -0.368 e. The van der Waals surface area contributed by atoms with E-state index >= 15 is 0 Å². The Kier molecular flexibility index (Phi) is 5.88. The minimum absolute atomic E-state index is 0.0537. The maximum absolute atomic E-state index is 13.0. The topological polar surface area (TPSA) is 80.5 Å². The number of amides is 1. The average Bonchev–Trinajstić information content (AvgIpc) is 2.45. The lowest BCUT2D eigenvalue weighted by molar-refractivity contribution is -0.116. The van der Waals surface area contributed by atoms with Crippen LogP contribution in [0, 0.1) is 0 Å². The van der Waals surface area contributed by atoms with E-state index in [1.165, 1.54) is 36.4 Å². The van der Waals surface area contributed by atoms with Crippen LogP contribution in [-0.4, -0.2) is 20.9 Å². The van der Waals surface area contributed by atoms with Crippen LogP contribution in [-0.2, 0) is 14.8 Å². The van der Waals surface area contributed by atoms with Crippen molar-refractivity contribution in [2.75, 3.05) is 10.8 Å². The molecule has 0 saturated heterocycles. The number of rotatable bonds is 5. The summed E-state index contributed by atoms with van der Waals surface area (Å²) in [6.45, 7) is -0.623. The van der Waals surface area contributed by atoms with Gasteiger partial charge in [0.2, 0.25) is 5.91 Å². The highest BCUT2D eigenvalue weighted by molar-refractivity contribution is 7.93. The van der Waals surface area contributed by atoms with Crippen LogP contribution in [0.5, 0.6) is 0 Å². The van der Waals surface area contributed by atoms with E-state index < -0.39 is 22.5 Å². The summed E-state index contributed by atoms with van der Waals surface area (Å²) < 4.78 is 26.7. The van der Waals surface area contributed by atoms with Gasteiger partial charge in [0.05, 0.1) is 10.7 Å². The largest absolute Gasteiger partial charge is 0.368 e. The molecule has 10 heteroatoms. The van der Waals surface area contributed by atoms with Crippen molar-refractivity contribution in [1.29, 1.82) is 0 Å². The van der Waals surface area contributed by atoms with Crippen LogP contribution in [0.3, 0.4) is 0 Å². The fourth-order valence-corrected chi connectivity index (χ4v) is 4.60. The van der Waals surface area contributed by atoms with Crippen LogP contribution in [0.1, 0.15) is 0 Å². The van der Waals surface area contributed by atoms with Gasteiger partial charge in [-0.05, 0) is 36.4 Å². The van der Waals surface area contributed by atoms with Crippen molar-refractivity contribution in [3.05, 3.63) is 56.5 Å². The van der Waals surface area contributed by atoms with Crippen molar-refractivity contribution in [3.63, 3.8) is 0 Å². The SMILES string of the molecule is NC(=O)CN(c1cc(Cl)cc(Cl)c1)S(=O)(=O)c1cc(Cl)ccc1Cl. The van der Waals surface area contributed by atoms with E-state index in [2.05, 4.69) is 0 Å². The molecule has 0 heterocycles. The smallest absolute Gasteiger partial charge is 0.266 e. The number of nitrogens with zero attached hydrogens (tertiary/aromatic N) is 1. The molecule has 1 amide bonds. The second-order valence-electron chi connectivity index (χ2n) is 4.68. The molecule has 0 atom stereocenters. The maximum Gasteiger partial charge on any atom is 0.266 e. The summed E-state index contributed by atoms with van der Waals surface area (Å²) in [5.74, 6) is -0.868. The second-order valence-corrected chi connectivity index (χ2v) is 8.23. The summed E-state index contributed by atoms with van der Waals surface area (Å²) in [6, 6.07) is 8.06. The highest BCUT2D eigenvalue weighted by Crippen LogP contribution is 2.33. The van der Waals surface area contributed by atoms with Crippen molar-refractivity contribution in [3.8, 4) is 0 Å². The van der Waals surface area contributed by atoms with Crippen molar-refractivity contribution in [2.24, 2.45) is 5.73 Å². The van der Waals surface area contributed by atoms with E-state index in [4.69, 9.17) is 52.1 Å². The Morgan fingerprint density at radius 1 is 0.958 bits per heavy atom. The van der Waals surface area contributed by atoms with Gasteiger partial charge < -0.3 is 5.73 Å². The zero-order valence-corrected chi connectivity index (χ0v) is 15.7. The molecule has 0 aliphatic carbocycles. The molecule has 2 aromatic rings. The zero-order chi connectivity index (χ0) is 18.1. The Morgan fingerprint density at radius 3 is 2.08 bits per heavy atom. The molecule has 2 rings (SSSR count). The molecule has 128 valence electrons. The van der Waals surface area contributed by atoms with Crippen molar-refractivity contribution in [1.82, 2.24) is 0 Å². The van der Waals surface area contributed by atoms with Crippen LogP contribution in [0.15, 0.2) is 41.3 Å². The molecule has 0 spiro atoms. The average molecular weight is 428 g/mol. The van der Waals surface area contributed by atoms with Crippen LogP contribution in [0.25, 0.3) is 0 Å². The Morgan fingerprint density at radius 2 is 1.54 bits per heavy atom. The van der Waals surface area contributed by atoms with Crippen molar-refractivity contribution >= 4 is 68.0 Å². The predicted octanol–water partition coefficient (Wildman–Crippen LogP) is 3.98. The molecular weight excluding hydrogens is 418 g/mol. The number of nitrogens with two attached hydrogens (primary N) is 1. The molecule has 0 aliphatic rings. The first-order valence-electron chi connectivity index (χ1n) is 6.33. The lowest BCUT2D eigenvalue weighted by Crippen LogP contribution is -2.38. The summed E-state index contributed by atoms with van der Waals surface area (Å²) in [5.41, 5.74) is 5.25. The summed E-state index contributed by atoms with van der Waals surface area (Å²) in [5, 5.41) is 0.502. The van der Waals surface area contributed by atoms with Crippen molar-refractivity contribution in [2.45, 2.75) is 4.90 Å². The Bertz CT molecular complexity index is 883.